The van der Waals surface area contributed by atoms with Crippen molar-refractivity contribution in [2.75, 3.05) is 23.5 Å². The van der Waals surface area contributed by atoms with Crippen LogP contribution < -0.4 is 21.9 Å². The molecule has 0 aliphatic heterocycles. The molecule has 2 aromatic rings. The van der Waals surface area contributed by atoms with Crippen LogP contribution in [0.25, 0.3) is 0 Å². The summed E-state index contributed by atoms with van der Waals surface area (Å²) in [6, 6.07) is 6.71. The normalized spacial score (nSPS) is 9.90. The number of amides is 1. The minimum atomic E-state index is -0.389. The zero-order valence-electron chi connectivity index (χ0n) is 10.6. The molecule has 1 aromatic carbocycles. The Morgan fingerprint density at radius 2 is 1.95 bits per heavy atom. The van der Waals surface area contributed by atoms with Gasteiger partial charge < -0.3 is 11.1 Å². The van der Waals surface area contributed by atoms with Crippen molar-refractivity contribution < 1.29 is 4.79 Å². The number of aromatic nitrogens is 2. The van der Waals surface area contributed by atoms with Crippen LogP contribution in [0.15, 0.2) is 30.6 Å². The van der Waals surface area contributed by atoms with Gasteiger partial charge in [-0.2, -0.15) is 0 Å². The van der Waals surface area contributed by atoms with Gasteiger partial charge in [0.1, 0.15) is 12.0 Å². The van der Waals surface area contributed by atoms with Gasteiger partial charge in [-0.05, 0) is 12.1 Å². The van der Waals surface area contributed by atoms with E-state index in [0.717, 1.165) is 0 Å². The Morgan fingerprint density at radius 3 is 2.65 bits per heavy atom. The SMILES string of the molecule is CNc1ncnc(NNC(=O)c2ccccc2Cl)c1N. The van der Waals surface area contributed by atoms with Crippen molar-refractivity contribution in [2.45, 2.75) is 0 Å². The Labute approximate surface area is 120 Å². The van der Waals surface area contributed by atoms with Gasteiger partial charge in [-0.1, -0.05) is 23.7 Å². The number of nitrogen functional groups attached to an aromatic ring is 1. The predicted molar refractivity (Wildman–Crippen MR) is 78.5 cm³/mol. The fraction of sp³-hybridized carbons (Fsp3) is 0.0833. The molecular weight excluding hydrogens is 280 g/mol. The third-order valence-electron chi connectivity index (χ3n) is 2.53. The van der Waals surface area contributed by atoms with E-state index in [-0.39, 0.29) is 5.91 Å². The minimum Gasteiger partial charge on any atom is -0.393 e. The third kappa shape index (κ3) is 2.89. The number of carbonyl (C=O) groups is 1. The molecule has 8 heteroatoms. The van der Waals surface area contributed by atoms with Crippen LogP contribution in [0, 0.1) is 0 Å². The van der Waals surface area contributed by atoms with Gasteiger partial charge in [0, 0.05) is 7.05 Å². The van der Waals surface area contributed by atoms with E-state index in [0.29, 0.717) is 27.9 Å². The molecule has 5 N–H and O–H groups in total. The summed E-state index contributed by atoms with van der Waals surface area (Å²) >= 11 is 5.93. The van der Waals surface area contributed by atoms with E-state index in [9.17, 15) is 4.79 Å². The van der Waals surface area contributed by atoms with Crippen LogP contribution in [0.3, 0.4) is 0 Å². The first-order chi connectivity index (χ1) is 9.63. The Kier molecular flexibility index (Phi) is 4.21. The molecule has 1 aromatic heterocycles. The lowest BCUT2D eigenvalue weighted by Crippen LogP contribution is -2.30. The summed E-state index contributed by atoms with van der Waals surface area (Å²) in [6.07, 6.45) is 1.33. The monoisotopic (exact) mass is 292 g/mol. The smallest absolute Gasteiger partial charge is 0.271 e. The topological polar surface area (TPSA) is 105 Å². The first-order valence-corrected chi connectivity index (χ1v) is 6.10. The van der Waals surface area contributed by atoms with Gasteiger partial charge in [0.15, 0.2) is 11.6 Å². The van der Waals surface area contributed by atoms with Gasteiger partial charge in [-0.3, -0.25) is 15.6 Å². The molecule has 104 valence electrons. The Bertz CT molecular complexity index is 633. The zero-order valence-corrected chi connectivity index (χ0v) is 11.4. The van der Waals surface area contributed by atoms with E-state index in [2.05, 4.69) is 26.1 Å². The van der Waals surface area contributed by atoms with Crippen molar-refractivity contribution in [3.63, 3.8) is 0 Å². The molecule has 20 heavy (non-hydrogen) atoms. The Morgan fingerprint density at radius 1 is 1.25 bits per heavy atom. The van der Waals surface area contributed by atoms with Crippen LogP contribution >= 0.6 is 11.6 Å². The highest BCUT2D eigenvalue weighted by Crippen LogP contribution is 2.21. The van der Waals surface area contributed by atoms with E-state index < -0.39 is 0 Å². The van der Waals surface area contributed by atoms with Gasteiger partial charge in [-0.15, -0.1) is 0 Å². The van der Waals surface area contributed by atoms with E-state index in [4.69, 9.17) is 17.3 Å². The number of hydrogen-bond donors (Lipinski definition) is 4. The van der Waals surface area contributed by atoms with Crippen LogP contribution in [0.4, 0.5) is 17.3 Å². The zero-order chi connectivity index (χ0) is 14.5. The maximum absolute atomic E-state index is 11.9. The Hall–Kier alpha value is -2.54. The van der Waals surface area contributed by atoms with Crippen molar-refractivity contribution >= 4 is 34.8 Å². The van der Waals surface area contributed by atoms with Gasteiger partial charge >= 0.3 is 0 Å². The second kappa shape index (κ2) is 6.07. The van der Waals surface area contributed by atoms with Crippen LogP contribution in [-0.2, 0) is 0 Å². The molecule has 0 saturated heterocycles. The highest BCUT2D eigenvalue weighted by molar-refractivity contribution is 6.33. The third-order valence-corrected chi connectivity index (χ3v) is 2.86. The standard InChI is InChI=1S/C12H13ClN6O/c1-15-10-9(14)11(17-6-16-10)18-19-12(20)7-4-2-3-5-8(7)13/h2-6H,14H2,1H3,(H,19,20)(H2,15,16,17,18). The number of hydrogen-bond acceptors (Lipinski definition) is 6. The lowest BCUT2D eigenvalue weighted by atomic mass is 10.2. The fourth-order valence-electron chi connectivity index (χ4n) is 1.52. The number of nitrogens with one attached hydrogen (secondary N) is 3. The molecule has 0 aliphatic rings. The number of carbonyl (C=O) groups excluding carboxylic acids is 1. The lowest BCUT2D eigenvalue weighted by Gasteiger charge is -2.12. The Balaban J connectivity index is 2.10. The quantitative estimate of drug-likeness (QED) is 0.637. The van der Waals surface area contributed by atoms with Crippen LogP contribution in [-0.4, -0.2) is 22.9 Å². The number of nitrogens with zero attached hydrogens (tertiary/aromatic N) is 2. The van der Waals surface area contributed by atoms with Crippen molar-refractivity contribution in [1.82, 2.24) is 15.4 Å². The molecule has 0 radical (unpaired) electrons. The van der Waals surface area contributed by atoms with Gasteiger partial charge in [-0.25, -0.2) is 9.97 Å². The summed E-state index contributed by atoms with van der Waals surface area (Å²) in [5.74, 6) is 0.374. The molecule has 1 amide bonds. The van der Waals surface area contributed by atoms with Crippen LogP contribution in [0.5, 0.6) is 0 Å². The molecule has 7 nitrogen and oxygen atoms in total. The van der Waals surface area contributed by atoms with Crippen LogP contribution in [0.2, 0.25) is 5.02 Å². The highest BCUT2D eigenvalue weighted by atomic mass is 35.5. The highest BCUT2D eigenvalue weighted by Gasteiger charge is 2.11. The maximum atomic E-state index is 11.9. The van der Waals surface area contributed by atoms with E-state index >= 15 is 0 Å². The summed E-state index contributed by atoms with van der Waals surface area (Å²) in [5, 5.41) is 3.17. The number of nitrogens with two attached hydrogens (primary N) is 1. The summed E-state index contributed by atoms with van der Waals surface area (Å²) in [6.45, 7) is 0. The molecule has 0 spiro atoms. The van der Waals surface area contributed by atoms with Crippen molar-refractivity contribution in [2.24, 2.45) is 0 Å². The number of rotatable bonds is 4. The molecule has 1 heterocycles. The average molecular weight is 293 g/mol. The number of hydrazine groups is 1. The van der Waals surface area contributed by atoms with Crippen molar-refractivity contribution in [1.29, 1.82) is 0 Å². The lowest BCUT2D eigenvalue weighted by molar-refractivity contribution is 0.0962. The first-order valence-electron chi connectivity index (χ1n) is 5.72. The van der Waals surface area contributed by atoms with Crippen molar-refractivity contribution in [3.05, 3.63) is 41.2 Å². The molecule has 0 unspecified atom stereocenters. The second-order valence-electron chi connectivity index (χ2n) is 3.79. The molecule has 0 saturated carbocycles. The molecule has 2 rings (SSSR count). The van der Waals surface area contributed by atoms with Crippen molar-refractivity contribution in [3.8, 4) is 0 Å². The molecule has 0 fully saturated rings. The van der Waals surface area contributed by atoms with E-state index in [1.54, 1.807) is 31.3 Å². The summed E-state index contributed by atoms with van der Waals surface area (Å²) in [7, 11) is 1.69. The molecule has 0 aliphatic carbocycles. The molecule has 0 bridgehead atoms. The van der Waals surface area contributed by atoms with Crippen LogP contribution in [0.1, 0.15) is 10.4 Å². The van der Waals surface area contributed by atoms with Gasteiger partial charge in [0.25, 0.3) is 5.91 Å². The first kappa shape index (κ1) is 13.9. The summed E-state index contributed by atoms with van der Waals surface area (Å²) in [5.41, 5.74) is 11.6. The van der Waals surface area contributed by atoms with Gasteiger partial charge in [0.05, 0.1) is 10.6 Å². The fourth-order valence-corrected chi connectivity index (χ4v) is 1.74. The largest absolute Gasteiger partial charge is 0.393 e. The number of halogens is 1. The van der Waals surface area contributed by atoms with E-state index in [1.807, 2.05) is 0 Å². The average Bonchev–Trinajstić information content (AvgIpc) is 2.46. The van der Waals surface area contributed by atoms with E-state index in [1.165, 1.54) is 6.33 Å². The van der Waals surface area contributed by atoms with Gasteiger partial charge in [0.2, 0.25) is 0 Å². The molecular formula is C12H13ClN6O. The minimum absolute atomic E-state index is 0.296. The predicted octanol–water partition coefficient (Wildman–Crippen LogP) is 1.51. The number of benzene rings is 1. The summed E-state index contributed by atoms with van der Waals surface area (Å²) in [4.78, 5) is 19.8. The maximum Gasteiger partial charge on any atom is 0.271 e. The molecule has 0 atom stereocenters. The number of anilines is 3. The summed E-state index contributed by atoms with van der Waals surface area (Å²) < 4.78 is 0. The second-order valence-corrected chi connectivity index (χ2v) is 4.20.